The second-order valence-corrected chi connectivity index (χ2v) is 7.20. The summed E-state index contributed by atoms with van der Waals surface area (Å²) in [5.74, 6) is 1.23. The van der Waals surface area contributed by atoms with Gasteiger partial charge in [-0.05, 0) is 54.8 Å². The van der Waals surface area contributed by atoms with Gasteiger partial charge in [-0.15, -0.1) is 0 Å². The number of aliphatic imine (C=N–C) groups is 1. The zero-order valence-electron chi connectivity index (χ0n) is 18.8. The summed E-state index contributed by atoms with van der Waals surface area (Å²) < 4.78 is 7.15. The van der Waals surface area contributed by atoms with Crippen LogP contribution in [0.2, 0.25) is 0 Å². The van der Waals surface area contributed by atoms with E-state index in [1.54, 1.807) is 13.3 Å². The number of carbonyl (C=O) groups is 1. The van der Waals surface area contributed by atoms with Crippen molar-refractivity contribution in [2.45, 2.75) is 26.8 Å². The maximum absolute atomic E-state index is 11.4. The Hall–Kier alpha value is -3.81. The Morgan fingerprint density at radius 2 is 1.91 bits per heavy atom. The molecule has 0 saturated heterocycles. The van der Waals surface area contributed by atoms with Crippen LogP contribution < -0.4 is 20.7 Å². The van der Waals surface area contributed by atoms with Crippen LogP contribution in [-0.2, 0) is 17.8 Å². The molecule has 0 unspecified atom stereocenters. The Morgan fingerprint density at radius 1 is 1.12 bits per heavy atom. The van der Waals surface area contributed by atoms with Crippen molar-refractivity contribution >= 4 is 17.6 Å². The Bertz CT molecular complexity index is 1030. The fourth-order valence-electron chi connectivity index (χ4n) is 3.22. The fraction of sp³-hybridized carbons (Fsp3) is 0.292. The first-order valence-electron chi connectivity index (χ1n) is 10.6. The lowest BCUT2D eigenvalue weighted by atomic mass is 10.1. The van der Waals surface area contributed by atoms with Crippen LogP contribution >= 0.6 is 0 Å². The van der Waals surface area contributed by atoms with Gasteiger partial charge in [-0.2, -0.15) is 5.10 Å². The number of nitrogens with zero attached hydrogens (tertiary/aromatic N) is 3. The maximum Gasteiger partial charge on any atom is 0.221 e. The highest BCUT2D eigenvalue weighted by Gasteiger charge is 2.06. The van der Waals surface area contributed by atoms with Gasteiger partial charge in [-0.3, -0.25) is 4.79 Å². The maximum atomic E-state index is 11.4. The molecule has 0 spiro atoms. The molecule has 8 nitrogen and oxygen atoms in total. The first kappa shape index (κ1) is 22.9. The van der Waals surface area contributed by atoms with Crippen molar-refractivity contribution in [2.24, 2.45) is 4.99 Å². The molecule has 1 amide bonds. The summed E-state index contributed by atoms with van der Waals surface area (Å²) in [6.07, 6.45) is 4.57. The molecule has 0 saturated carbocycles. The van der Waals surface area contributed by atoms with Crippen molar-refractivity contribution < 1.29 is 9.53 Å². The number of methoxy groups -OCH3 is 1. The summed E-state index contributed by atoms with van der Waals surface area (Å²) in [5, 5.41) is 13.7. The van der Waals surface area contributed by atoms with Gasteiger partial charge < -0.3 is 20.7 Å². The predicted octanol–water partition coefficient (Wildman–Crippen LogP) is 3.14. The summed E-state index contributed by atoms with van der Waals surface area (Å²) in [5.41, 5.74) is 3.89. The van der Waals surface area contributed by atoms with Gasteiger partial charge in [-0.25, -0.2) is 9.67 Å². The van der Waals surface area contributed by atoms with Gasteiger partial charge in [0.05, 0.1) is 25.0 Å². The summed E-state index contributed by atoms with van der Waals surface area (Å²) in [4.78, 5) is 16.1. The first-order valence-corrected chi connectivity index (χ1v) is 10.6. The van der Waals surface area contributed by atoms with Gasteiger partial charge in [0, 0.05) is 32.4 Å². The van der Waals surface area contributed by atoms with Crippen molar-refractivity contribution in [3.8, 4) is 11.4 Å². The van der Waals surface area contributed by atoms with E-state index in [1.807, 2.05) is 42.1 Å². The largest absolute Gasteiger partial charge is 0.495 e. The first-order chi connectivity index (χ1) is 15.6. The molecule has 2 aromatic carbocycles. The van der Waals surface area contributed by atoms with Crippen molar-refractivity contribution in [2.75, 3.05) is 25.5 Å². The van der Waals surface area contributed by atoms with E-state index >= 15 is 0 Å². The van der Waals surface area contributed by atoms with E-state index in [9.17, 15) is 4.79 Å². The number of guanidine groups is 1. The monoisotopic (exact) mass is 434 g/mol. The number of benzene rings is 2. The highest BCUT2D eigenvalue weighted by molar-refractivity contribution is 5.90. The van der Waals surface area contributed by atoms with Crippen LogP contribution in [0.1, 0.15) is 25.0 Å². The van der Waals surface area contributed by atoms with E-state index in [1.165, 1.54) is 12.5 Å². The molecule has 0 aliphatic heterocycles. The van der Waals surface area contributed by atoms with Gasteiger partial charge in [0.1, 0.15) is 5.75 Å². The number of amides is 1. The molecular formula is C24H30N6O2. The van der Waals surface area contributed by atoms with Crippen molar-refractivity contribution in [1.29, 1.82) is 0 Å². The Kier molecular flexibility index (Phi) is 8.25. The second-order valence-electron chi connectivity index (χ2n) is 7.20. The van der Waals surface area contributed by atoms with Crippen LogP contribution in [0.4, 0.5) is 5.69 Å². The summed E-state index contributed by atoms with van der Waals surface area (Å²) in [6.45, 7) is 5.51. The van der Waals surface area contributed by atoms with Crippen LogP contribution in [0.25, 0.3) is 5.69 Å². The van der Waals surface area contributed by atoms with E-state index in [0.717, 1.165) is 36.7 Å². The van der Waals surface area contributed by atoms with Crippen molar-refractivity contribution in [3.63, 3.8) is 0 Å². The number of nitrogens with one attached hydrogen (secondary N) is 3. The highest BCUT2D eigenvalue weighted by atomic mass is 16.5. The molecule has 1 aromatic heterocycles. The lowest BCUT2D eigenvalue weighted by Gasteiger charge is -2.13. The number of hydrogen-bond donors (Lipinski definition) is 3. The van der Waals surface area contributed by atoms with Crippen LogP contribution in [-0.4, -0.2) is 41.8 Å². The molecule has 8 heteroatoms. The Labute approximate surface area is 188 Å². The van der Waals surface area contributed by atoms with Gasteiger partial charge in [0.2, 0.25) is 5.91 Å². The van der Waals surface area contributed by atoms with Gasteiger partial charge in [0.25, 0.3) is 0 Å². The molecule has 0 radical (unpaired) electrons. The van der Waals surface area contributed by atoms with Crippen LogP contribution in [0.15, 0.2) is 65.9 Å². The smallest absolute Gasteiger partial charge is 0.221 e. The summed E-state index contributed by atoms with van der Waals surface area (Å²) >= 11 is 0. The molecule has 3 rings (SSSR count). The van der Waals surface area contributed by atoms with Gasteiger partial charge >= 0.3 is 0 Å². The predicted molar refractivity (Wildman–Crippen MR) is 127 cm³/mol. The zero-order valence-corrected chi connectivity index (χ0v) is 18.8. The van der Waals surface area contributed by atoms with Crippen LogP contribution in [0.3, 0.4) is 0 Å². The molecule has 168 valence electrons. The number of anilines is 1. The fourth-order valence-corrected chi connectivity index (χ4v) is 3.22. The topological polar surface area (TPSA) is 92.6 Å². The third-order valence-electron chi connectivity index (χ3n) is 4.75. The molecule has 0 fully saturated rings. The normalized spacial score (nSPS) is 11.2. The number of hydrogen-bond acceptors (Lipinski definition) is 4. The van der Waals surface area contributed by atoms with E-state index in [0.29, 0.717) is 18.0 Å². The molecule has 0 aliphatic rings. The van der Waals surface area contributed by atoms with E-state index in [2.05, 4.69) is 50.3 Å². The SMILES string of the molecule is CCNC(=NCc1ccc(OC)c(NC(C)=O)c1)NCCc1ccc(-n2cccn2)cc1. The molecule has 0 aliphatic carbocycles. The lowest BCUT2D eigenvalue weighted by molar-refractivity contribution is -0.114. The average Bonchev–Trinajstić information content (AvgIpc) is 3.33. The van der Waals surface area contributed by atoms with E-state index in [-0.39, 0.29) is 5.91 Å². The van der Waals surface area contributed by atoms with Crippen LogP contribution in [0, 0.1) is 0 Å². The van der Waals surface area contributed by atoms with E-state index in [4.69, 9.17) is 4.74 Å². The van der Waals surface area contributed by atoms with Gasteiger partial charge in [-0.1, -0.05) is 18.2 Å². The molecule has 32 heavy (non-hydrogen) atoms. The number of carbonyl (C=O) groups excluding carboxylic acids is 1. The zero-order chi connectivity index (χ0) is 22.8. The number of aromatic nitrogens is 2. The molecule has 0 atom stereocenters. The second kappa shape index (κ2) is 11.5. The average molecular weight is 435 g/mol. The molecule has 0 bridgehead atoms. The summed E-state index contributed by atoms with van der Waals surface area (Å²) in [7, 11) is 1.58. The minimum Gasteiger partial charge on any atom is -0.495 e. The van der Waals surface area contributed by atoms with Crippen LogP contribution in [0.5, 0.6) is 5.75 Å². The Morgan fingerprint density at radius 3 is 2.56 bits per heavy atom. The summed E-state index contributed by atoms with van der Waals surface area (Å²) in [6, 6.07) is 15.9. The minimum atomic E-state index is -0.142. The molecule has 3 N–H and O–H groups in total. The molecule has 3 aromatic rings. The Balaban J connectivity index is 1.57. The number of ether oxygens (including phenoxy) is 1. The standard InChI is InChI=1S/C24H30N6O2/c1-4-25-24(27-17-20-8-11-23(32-3)22(16-20)29-18(2)31)26-14-12-19-6-9-21(10-7-19)30-15-5-13-28-30/h5-11,13,15-16H,4,12,14,17H2,1-3H3,(H,29,31)(H2,25,26,27). The van der Waals surface area contributed by atoms with E-state index < -0.39 is 0 Å². The quantitative estimate of drug-likeness (QED) is 0.355. The minimum absolute atomic E-state index is 0.142. The number of rotatable bonds is 9. The van der Waals surface area contributed by atoms with Crippen molar-refractivity contribution in [1.82, 2.24) is 20.4 Å². The highest BCUT2D eigenvalue weighted by Crippen LogP contribution is 2.25. The third kappa shape index (κ3) is 6.60. The molecular weight excluding hydrogens is 404 g/mol. The molecule has 1 heterocycles. The van der Waals surface area contributed by atoms with Crippen molar-refractivity contribution in [3.05, 3.63) is 72.1 Å². The van der Waals surface area contributed by atoms with Gasteiger partial charge in [0.15, 0.2) is 5.96 Å². The lowest BCUT2D eigenvalue weighted by Crippen LogP contribution is -2.38. The third-order valence-corrected chi connectivity index (χ3v) is 4.75.